The molecule has 1 aromatic carbocycles. The van der Waals surface area contributed by atoms with Gasteiger partial charge in [-0.15, -0.1) is 11.3 Å². The number of para-hydroxylation sites is 1. The Morgan fingerprint density at radius 2 is 1.86 bits per heavy atom. The van der Waals surface area contributed by atoms with Crippen molar-refractivity contribution in [1.82, 2.24) is 10.6 Å². The number of amides is 2. The summed E-state index contributed by atoms with van der Waals surface area (Å²) in [5.74, 6) is 0.296. The third-order valence-electron chi connectivity index (χ3n) is 2.81. The largest absolute Gasteiger partial charge is 0.492 e. The number of hydrogen-bond donors (Lipinski definition) is 2. The van der Waals surface area contributed by atoms with Gasteiger partial charge in [0.1, 0.15) is 12.4 Å². The zero-order valence-corrected chi connectivity index (χ0v) is 13.1. The van der Waals surface area contributed by atoms with Gasteiger partial charge in [-0.1, -0.05) is 18.2 Å². The summed E-state index contributed by atoms with van der Waals surface area (Å²) in [6.07, 6.45) is 0. The van der Waals surface area contributed by atoms with Gasteiger partial charge in [0.05, 0.1) is 18.0 Å². The average molecular weight is 318 g/mol. The fourth-order valence-corrected chi connectivity index (χ4v) is 2.53. The highest BCUT2D eigenvalue weighted by Crippen LogP contribution is 2.14. The minimum Gasteiger partial charge on any atom is -0.492 e. The van der Waals surface area contributed by atoms with Crippen LogP contribution in [-0.2, 0) is 4.79 Å². The Labute approximate surface area is 133 Å². The second-order valence-electron chi connectivity index (χ2n) is 4.60. The van der Waals surface area contributed by atoms with Crippen molar-refractivity contribution < 1.29 is 14.3 Å². The maximum Gasteiger partial charge on any atom is 0.261 e. The highest BCUT2D eigenvalue weighted by atomic mass is 32.1. The highest BCUT2D eigenvalue weighted by Gasteiger charge is 2.09. The number of carbonyl (C=O) groups excluding carboxylic acids is 2. The molecule has 0 radical (unpaired) electrons. The van der Waals surface area contributed by atoms with Crippen LogP contribution < -0.4 is 15.4 Å². The van der Waals surface area contributed by atoms with Gasteiger partial charge in [-0.2, -0.15) is 0 Å². The SMILES string of the molecule is Cc1ccc(C(=O)NCC(=O)NCCOc2ccccc2)s1. The van der Waals surface area contributed by atoms with Crippen LogP contribution in [0, 0.1) is 6.92 Å². The molecule has 6 heteroatoms. The Bertz CT molecular complexity index is 625. The van der Waals surface area contributed by atoms with E-state index in [2.05, 4.69) is 10.6 Å². The molecule has 2 aromatic rings. The number of nitrogens with one attached hydrogen (secondary N) is 2. The topological polar surface area (TPSA) is 67.4 Å². The zero-order chi connectivity index (χ0) is 15.8. The van der Waals surface area contributed by atoms with Gasteiger partial charge in [0, 0.05) is 4.88 Å². The van der Waals surface area contributed by atoms with E-state index in [1.165, 1.54) is 11.3 Å². The number of hydrogen-bond acceptors (Lipinski definition) is 4. The van der Waals surface area contributed by atoms with Gasteiger partial charge in [0.15, 0.2) is 0 Å². The molecule has 0 saturated heterocycles. The quantitative estimate of drug-likeness (QED) is 0.767. The first-order valence-electron chi connectivity index (χ1n) is 6.94. The van der Waals surface area contributed by atoms with E-state index in [0.29, 0.717) is 18.0 Å². The molecule has 0 saturated carbocycles. The molecule has 2 amide bonds. The van der Waals surface area contributed by atoms with Crippen molar-refractivity contribution in [3.8, 4) is 5.75 Å². The molecule has 22 heavy (non-hydrogen) atoms. The second-order valence-corrected chi connectivity index (χ2v) is 5.89. The van der Waals surface area contributed by atoms with Crippen LogP contribution in [0.25, 0.3) is 0 Å². The fourth-order valence-electron chi connectivity index (χ4n) is 1.74. The van der Waals surface area contributed by atoms with Crippen LogP contribution >= 0.6 is 11.3 Å². The summed E-state index contributed by atoms with van der Waals surface area (Å²) in [4.78, 5) is 25.1. The number of thiophene rings is 1. The summed E-state index contributed by atoms with van der Waals surface area (Å²) in [6, 6.07) is 13.0. The number of ether oxygens (including phenoxy) is 1. The molecule has 0 aliphatic heterocycles. The minimum atomic E-state index is -0.238. The molecule has 0 aliphatic carbocycles. The van der Waals surface area contributed by atoms with Gasteiger partial charge < -0.3 is 15.4 Å². The van der Waals surface area contributed by atoms with E-state index in [4.69, 9.17) is 4.74 Å². The van der Waals surface area contributed by atoms with E-state index in [1.54, 1.807) is 6.07 Å². The van der Waals surface area contributed by atoms with Crippen LogP contribution in [0.5, 0.6) is 5.75 Å². The van der Waals surface area contributed by atoms with Gasteiger partial charge in [0.2, 0.25) is 5.91 Å². The molecule has 2 rings (SSSR count). The van der Waals surface area contributed by atoms with Gasteiger partial charge in [0.25, 0.3) is 5.91 Å². The summed E-state index contributed by atoms with van der Waals surface area (Å²) in [6.45, 7) is 2.66. The smallest absolute Gasteiger partial charge is 0.261 e. The maximum absolute atomic E-state index is 11.8. The van der Waals surface area contributed by atoms with E-state index in [9.17, 15) is 9.59 Å². The molecule has 0 atom stereocenters. The van der Waals surface area contributed by atoms with Crippen molar-refractivity contribution in [1.29, 1.82) is 0 Å². The van der Waals surface area contributed by atoms with Gasteiger partial charge in [-0.05, 0) is 31.2 Å². The Balaban J connectivity index is 1.61. The Hall–Kier alpha value is -2.34. The fraction of sp³-hybridized carbons (Fsp3) is 0.250. The lowest BCUT2D eigenvalue weighted by atomic mass is 10.3. The van der Waals surface area contributed by atoms with E-state index >= 15 is 0 Å². The highest BCUT2D eigenvalue weighted by molar-refractivity contribution is 7.13. The van der Waals surface area contributed by atoms with Crippen LogP contribution in [0.3, 0.4) is 0 Å². The van der Waals surface area contributed by atoms with Gasteiger partial charge in [-0.25, -0.2) is 0 Å². The van der Waals surface area contributed by atoms with E-state index in [1.807, 2.05) is 43.3 Å². The van der Waals surface area contributed by atoms with Gasteiger partial charge >= 0.3 is 0 Å². The molecule has 0 spiro atoms. The lowest BCUT2D eigenvalue weighted by Gasteiger charge is -2.08. The minimum absolute atomic E-state index is 0.0406. The van der Waals surface area contributed by atoms with Crippen molar-refractivity contribution in [2.45, 2.75) is 6.92 Å². The van der Waals surface area contributed by atoms with E-state index in [-0.39, 0.29) is 18.4 Å². The molecule has 1 heterocycles. The van der Waals surface area contributed by atoms with Crippen LogP contribution in [0.2, 0.25) is 0 Å². The van der Waals surface area contributed by atoms with Crippen molar-refractivity contribution in [2.24, 2.45) is 0 Å². The molecule has 0 fully saturated rings. The summed E-state index contributed by atoms with van der Waals surface area (Å²) in [5.41, 5.74) is 0. The predicted octanol–water partition coefficient (Wildman–Crippen LogP) is 1.98. The monoisotopic (exact) mass is 318 g/mol. The molecule has 2 N–H and O–H groups in total. The Morgan fingerprint density at radius 1 is 1.09 bits per heavy atom. The molecule has 1 aromatic heterocycles. The summed E-state index contributed by atoms with van der Waals surface area (Å²) >= 11 is 1.40. The first-order valence-corrected chi connectivity index (χ1v) is 7.76. The molecule has 0 bridgehead atoms. The molecule has 0 aliphatic rings. The molecule has 116 valence electrons. The number of carbonyl (C=O) groups is 2. The van der Waals surface area contributed by atoms with Crippen molar-refractivity contribution in [2.75, 3.05) is 19.7 Å². The van der Waals surface area contributed by atoms with Crippen molar-refractivity contribution >= 4 is 23.2 Å². The number of benzene rings is 1. The van der Waals surface area contributed by atoms with E-state index in [0.717, 1.165) is 10.6 Å². The third-order valence-corrected chi connectivity index (χ3v) is 3.81. The first kappa shape index (κ1) is 16.0. The van der Waals surface area contributed by atoms with Crippen molar-refractivity contribution in [3.63, 3.8) is 0 Å². The predicted molar refractivity (Wildman–Crippen MR) is 86.3 cm³/mol. The lowest BCUT2D eigenvalue weighted by Crippen LogP contribution is -2.38. The van der Waals surface area contributed by atoms with E-state index < -0.39 is 0 Å². The van der Waals surface area contributed by atoms with Crippen molar-refractivity contribution in [3.05, 3.63) is 52.2 Å². The maximum atomic E-state index is 11.8. The molecule has 0 unspecified atom stereocenters. The number of aryl methyl sites for hydroxylation is 1. The first-order chi connectivity index (χ1) is 10.6. The Morgan fingerprint density at radius 3 is 2.55 bits per heavy atom. The molecular formula is C16H18N2O3S. The second kappa shape index (κ2) is 8.19. The standard InChI is InChI=1S/C16H18N2O3S/c1-12-7-8-14(22-12)16(20)18-11-15(19)17-9-10-21-13-5-3-2-4-6-13/h2-8H,9-11H2,1H3,(H,17,19)(H,18,20). The normalized spacial score (nSPS) is 10.0. The average Bonchev–Trinajstić information content (AvgIpc) is 2.97. The molecule has 5 nitrogen and oxygen atoms in total. The summed E-state index contributed by atoms with van der Waals surface area (Å²) in [7, 11) is 0. The third kappa shape index (κ3) is 5.21. The summed E-state index contributed by atoms with van der Waals surface area (Å²) in [5, 5.41) is 5.28. The van der Waals surface area contributed by atoms with Crippen LogP contribution in [0.4, 0.5) is 0 Å². The Kier molecular flexibility index (Phi) is 5.97. The van der Waals surface area contributed by atoms with Crippen LogP contribution in [-0.4, -0.2) is 31.5 Å². The van der Waals surface area contributed by atoms with Crippen LogP contribution in [0.1, 0.15) is 14.5 Å². The van der Waals surface area contributed by atoms with Crippen LogP contribution in [0.15, 0.2) is 42.5 Å². The molecular weight excluding hydrogens is 300 g/mol. The zero-order valence-electron chi connectivity index (χ0n) is 12.3. The lowest BCUT2D eigenvalue weighted by molar-refractivity contribution is -0.120. The number of rotatable bonds is 7. The summed E-state index contributed by atoms with van der Waals surface area (Å²) < 4.78 is 5.45. The van der Waals surface area contributed by atoms with Gasteiger partial charge in [-0.3, -0.25) is 9.59 Å².